The molecule has 0 aliphatic carbocycles. The monoisotopic (exact) mass is 325 g/mol. The van der Waals surface area contributed by atoms with Crippen molar-refractivity contribution >= 4 is 5.91 Å². The molecule has 2 aromatic rings. The van der Waals surface area contributed by atoms with Crippen molar-refractivity contribution in [2.24, 2.45) is 5.92 Å². The van der Waals surface area contributed by atoms with Crippen molar-refractivity contribution in [1.29, 1.82) is 0 Å². The molecule has 126 valence electrons. The number of ether oxygens (including phenoxy) is 1. The van der Waals surface area contributed by atoms with Gasteiger partial charge in [-0.3, -0.25) is 4.79 Å². The highest BCUT2D eigenvalue weighted by Gasteiger charge is 2.29. The van der Waals surface area contributed by atoms with Crippen molar-refractivity contribution in [3.63, 3.8) is 0 Å². The van der Waals surface area contributed by atoms with Gasteiger partial charge in [0.05, 0.1) is 0 Å². The van der Waals surface area contributed by atoms with Crippen LogP contribution in [0.25, 0.3) is 0 Å². The number of benzene rings is 2. The molecule has 1 aliphatic rings. The third kappa shape index (κ3) is 3.77. The minimum atomic E-state index is -0.000776. The number of rotatable bonds is 4. The van der Waals surface area contributed by atoms with Crippen molar-refractivity contribution in [3.8, 4) is 11.5 Å². The fraction of sp³-hybridized carbons (Fsp3) is 0.350. The molecular formula is C20H23NO3. The number of piperidine rings is 1. The van der Waals surface area contributed by atoms with Crippen LogP contribution in [0.3, 0.4) is 0 Å². The van der Waals surface area contributed by atoms with Crippen LogP contribution >= 0.6 is 0 Å². The van der Waals surface area contributed by atoms with E-state index in [4.69, 9.17) is 4.74 Å². The molecule has 0 saturated carbocycles. The molecule has 0 aromatic heterocycles. The molecule has 1 heterocycles. The van der Waals surface area contributed by atoms with E-state index in [2.05, 4.69) is 6.92 Å². The molecule has 4 nitrogen and oxygen atoms in total. The van der Waals surface area contributed by atoms with Gasteiger partial charge in [0.15, 0.2) is 0 Å². The van der Waals surface area contributed by atoms with Gasteiger partial charge < -0.3 is 14.7 Å². The Labute approximate surface area is 142 Å². The molecule has 1 saturated heterocycles. The Hall–Kier alpha value is -2.33. The lowest BCUT2D eigenvalue weighted by Crippen LogP contribution is -2.46. The molecule has 2 unspecified atom stereocenters. The summed E-state index contributed by atoms with van der Waals surface area (Å²) in [4.78, 5) is 14.7. The van der Waals surface area contributed by atoms with Gasteiger partial charge in [-0.25, -0.2) is 0 Å². The predicted molar refractivity (Wildman–Crippen MR) is 93.3 cm³/mol. The van der Waals surface area contributed by atoms with E-state index in [0.29, 0.717) is 17.9 Å². The number of aliphatic hydroxyl groups is 1. The Kier molecular flexibility index (Phi) is 5.16. The van der Waals surface area contributed by atoms with Crippen LogP contribution in [0.5, 0.6) is 11.5 Å². The van der Waals surface area contributed by atoms with Gasteiger partial charge in [-0.15, -0.1) is 0 Å². The highest BCUT2D eigenvalue weighted by Crippen LogP contribution is 2.26. The smallest absolute Gasteiger partial charge is 0.254 e. The minimum Gasteiger partial charge on any atom is -0.457 e. The van der Waals surface area contributed by atoms with Gasteiger partial charge in [0.1, 0.15) is 11.5 Å². The van der Waals surface area contributed by atoms with E-state index >= 15 is 0 Å². The molecule has 2 aromatic carbocycles. The average Bonchev–Trinajstić information content (AvgIpc) is 2.63. The number of para-hydroxylation sites is 1. The van der Waals surface area contributed by atoms with Gasteiger partial charge >= 0.3 is 0 Å². The van der Waals surface area contributed by atoms with Gasteiger partial charge in [-0.1, -0.05) is 24.3 Å². The summed E-state index contributed by atoms with van der Waals surface area (Å²) in [6.45, 7) is 2.81. The van der Waals surface area contributed by atoms with E-state index in [1.807, 2.05) is 53.4 Å². The Bertz CT molecular complexity index is 686. The summed E-state index contributed by atoms with van der Waals surface area (Å²) < 4.78 is 5.81. The SMILES string of the molecule is CC1CCC(CO)CN1C(=O)c1cccc(Oc2ccccc2)c1. The lowest BCUT2D eigenvalue weighted by molar-refractivity contribution is 0.0488. The summed E-state index contributed by atoms with van der Waals surface area (Å²) in [7, 11) is 0. The van der Waals surface area contributed by atoms with E-state index in [0.717, 1.165) is 18.6 Å². The summed E-state index contributed by atoms with van der Waals surface area (Å²) in [5.74, 6) is 1.57. The maximum Gasteiger partial charge on any atom is 0.254 e. The van der Waals surface area contributed by atoms with Crippen LogP contribution < -0.4 is 4.74 Å². The van der Waals surface area contributed by atoms with Crippen molar-refractivity contribution in [2.75, 3.05) is 13.2 Å². The van der Waals surface area contributed by atoms with Crippen LogP contribution in [-0.4, -0.2) is 35.1 Å². The zero-order chi connectivity index (χ0) is 16.9. The first-order valence-electron chi connectivity index (χ1n) is 8.42. The summed E-state index contributed by atoms with van der Waals surface area (Å²) in [6, 6.07) is 17.0. The molecule has 1 fully saturated rings. The number of carbonyl (C=O) groups is 1. The average molecular weight is 325 g/mol. The quantitative estimate of drug-likeness (QED) is 0.932. The van der Waals surface area contributed by atoms with E-state index in [1.165, 1.54) is 0 Å². The molecule has 0 bridgehead atoms. The number of hydrogen-bond donors (Lipinski definition) is 1. The summed E-state index contributed by atoms with van der Waals surface area (Å²) >= 11 is 0. The van der Waals surface area contributed by atoms with Crippen LogP contribution in [0.4, 0.5) is 0 Å². The van der Waals surface area contributed by atoms with Crippen LogP contribution in [-0.2, 0) is 0 Å². The fourth-order valence-corrected chi connectivity index (χ4v) is 3.10. The second-order valence-electron chi connectivity index (χ2n) is 6.38. The van der Waals surface area contributed by atoms with E-state index in [-0.39, 0.29) is 24.5 Å². The number of aliphatic hydroxyl groups excluding tert-OH is 1. The second-order valence-corrected chi connectivity index (χ2v) is 6.38. The molecule has 24 heavy (non-hydrogen) atoms. The topological polar surface area (TPSA) is 49.8 Å². The van der Waals surface area contributed by atoms with Crippen molar-refractivity contribution in [3.05, 3.63) is 60.2 Å². The van der Waals surface area contributed by atoms with Gasteiger partial charge in [0.2, 0.25) is 0 Å². The normalized spacial score (nSPS) is 20.7. The predicted octanol–water partition coefficient (Wildman–Crippen LogP) is 3.71. The molecule has 1 aliphatic heterocycles. The first-order chi connectivity index (χ1) is 11.7. The van der Waals surface area contributed by atoms with Crippen LogP contribution in [0.15, 0.2) is 54.6 Å². The minimum absolute atomic E-state index is 0.000776. The first kappa shape index (κ1) is 16.5. The van der Waals surface area contributed by atoms with Gasteiger partial charge in [0, 0.05) is 24.8 Å². The van der Waals surface area contributed by atoms with E-state index < -0.39 is 0 Å². The fourth-order valence-electron chi connectivity index (χ4n) is 3.10. The Morgan fingerprint density at radius 3 is 2.62 bits per heavy atom. The second kappa shape index (κ2) is 7.49. The van der Waals surface area contributed by atoms with E-state index in [9.17, 15) is 9.90 Å². The maximum absolute atomic E-state index is 12.9. The van der Waals surface area contributed by atoms with Crippen molar-refractivity contribution < 1.29 is 14.6 Å². The van der Waals surface area contributed by atoms with Gasteiger partial charge in [-0.2, -0.15) is 0 Å². The molecule has 0 spiro atoms. The molecule has 4 heteroatoms. The molecular weight excluding hydrogens is 302 g/mol. The molecule has 1 N–H and O–H groups in total. The van der Waals surface area contributed by atoms with Crippen LogP contribution in [0.1, 0.15) is 30.1 Å². The number of nitrogens with zero attached hydrogens (tertiary/aromatic N) is 1. The van der Waals surface area contributed by atoms with Crippen LogP contribution in [0.2, 0.25) is 0 Å². The Morgan fingerprint density at radius 1 is 1.12 bits per heavy atom. The zero-order valence-corrected chi connectivity index (χ0v) is 13.9. The third-order valence-corrected chi connectivity index (χ3v) is 4.56. The Morgan fingerprint density at radius 2 is 1.88 bits per heavy atom. The largest absolute Gasteiger partial charge is 0.457 e. The van der Waals surface area contributed by atoms with Crippen molar-refractivity contribution in [1.82, 2.24) is 4.90 Å². The summed E-state index contributed by atoms with van der Waals surface area (Å²) in [5.41, 5.74) is 0.619. The summed E-state index contributed by atoms with van der Waals surface area (Å²) in [6.07, 6.45) is 1.90. The van der Waals surface area contributed by atoms with Crippen molar-refractivity contribution in [2.45, 2.75) is 25.8 Å². The maximum atomic E-state index is 12.9. The lowest BCUT2D eigenvalue weighted by Gasteiger charge is -2.37. The van der Waals surface area contributed by atoms with Crippen LogP contribution in [0, 0.1) is 5.92 Å². The Balaban J connectivity index is 1.76. The number of hydrogen-bond acceptors (Lipinski definition) is 3. The van der Waals surface area contributed by atoms with Gasteiger partial charge in [-0.05, 0) is 56.0 Å². The molecule has 3 rings (SSSR count). The molecule has 1 amide bonds. The number of carbonyl (C=O) groups excluding carboxylic acids is 1. The molecule has 2 atom stereocenters. The molecule has 0 radical (unpaired) electrons. The van der Waals surface area contributed by atoms with E-state index in [1.54, 1.807) is 6.07 Å². The lowest BCUT2D eigenvalue weighted by atomic mass is 9.93. The third-order valence-electron chi connectivity index (χ3n) is 4.56. The zero-order valence-electron chi connectivity index (χ0n) is 13.9. The summed E-state index contributed by atoms with van der Waals surface area (Å²) in [5, 5.41) is 9.40. The standard InChI is InChI=1S/C20H23NO3/c1-15-10-11-16(14-22)13-21(15)20(23)17-6-5-9-19(12-17)24-18-7-3-2-4-8-18/h2-9,12,15-16,22H,10-11,13-14H2,1H3. The number of likely N-dealkylation sites (tertiary alicyclic amines) is 1. The first-order valence-corrected chi connectivity index (χ1v) is 8.42. The highest BCUT2D eigenvalue weighted by molar-refractivity contribution is 5.94. The highest BCUT2D eigenvalue weighted by atomic mass is 16.5. The van der Waals surface area contributed by atoms with Gasteiger partial charge in [0.25, 0.3) is 5.91 Å². The number of amides is 1.